The maximum Gasteiger partial charge on any atom is 0.261 e. The SMILES string of the molecule is CCc1occc1C(=O)N(CC)c1cccc(N)c1. The number of anilines is 2. The number of hydrogen-bond donors (Lipinski definition) is 1. The van der Waals surface area contributed by atoms with Crippen LogP contribution in [0, 0.1) is 0 Å². The van der Waals surface area contributed by atoms with Crippen molar-refractivity contribution in [2.24, 2.45) is 0 Å². The van der Waals surface area contributed by atoms with Gasteiger partial charge in [-0.3, -0.25) is 4.79 Å². The summed E-state index contributed by atoms with van der Waals surface area (Å²) in [5.74, 6) is 0.658. The molecule has 2 rings (SSSR count). The van der Waals surface area contributed by atoms with E-state index in [-0.39, 0.29) is 5.91 Å². The zero-order valence-corrected chi connectivity index (χ0v) is 11.2. The van der Waals surface area contributed by atoms with E-state index in [4.69, 9.17) is 10.2 Å². The van der Waals surface area contributed by atoms with Crippen LogP contribution in [-0.4, -0.2) is 12.5 Å². The van der Waals surface area contributed by atoms with Crippen LogP contribution >= 0.6 is 0 Å². The Labute approximate surface area is 112 Å². The molecule has 0 spiro atoms. The van der Waals surface area contributed by atoms with Crippen LogP contribution in [0.3, 0.4) is 0 Å². The molecule has 4 nitrogen and oxygen atoms in total. The lowest BCUT2D eigenvalue weighted by Crippen LogP contribution is -2.31. The number of rotatable bonds is 4. The summed E-state index contributed by atoms with van der Waals surface area (Å²) in [5, 5.41) is 0. The Morgan fingerprint density at radius 3 is 2.74 bits per heavy atom. The molecule has 0 unspecified atom stereocenters. The molecule has 19 heavy (non-hydrogen) atoms. The van der Waals surface area contributed by atoms with E-state index in [0.717, 1.165) is 5.69 Å². The topological polar surface area (TPSA) is 59.5 Å². The van der Waals surface area contributed by atoms with Gasteiger partial charge >= 0.3 is 0 Å². The number of amides is 1. The van der Waals surface area contributed by atoms with Crippen LogP contribution in [-0.2, 0) is 6.42 Å². The first-order valence-corrected chi connectivity index (χ1v) is 6.41. The van der Waals surface area contributed by atoms with Gasteiger partial charge in [-0.15, -0.1) is 0 Å². The van der Waals surface area contributed by atoms with Gasteiger partial charge in [-0.25, -0.2) is 0 Å². The van der Waals surface area contributed by atoms with Crippen LogP contribution in [0.4, 0.5) is 11.4 Å². The third kappa shape index (κ3) is 2.62. The first-order valence-electron chi connectivity index (χ1n) is 6.41. The molecule has 4 heteroatoms. The van der Waals surface area contributed by atoms with E-state index in [1.54, 1.807) is 29.4 Å². The first-order chi connectivity index (χ1) is 9.17. The summed E-state index contributed by atoms with van der Waals surface area (Å²) >= 11 is 0. The number of carbonyl (C=O) groups is 1. The van der Waals surface area contributed by atoms with Crippen molar-refractivity contribution >= 4 is 17.3 Å². The molecule has 0 atom stereocenters. The molecule has 2 N–H and O–H groups in total. The van der Waals surface area contributed by atoms with Crippen LogP contribution < -0.4 is 10.6 Å². The monoisotopic (exact) mass is 258 g/mol. The molecule has 0 saturated carbocycles. The van der Waals surface area contributed by atoms with Crippen molar-refractivity contribution in [3.05, 3.63) is 47.9 Å². The van der Waals surface area contributed by atoms with E-state index in [2.05, 4.69) is 0 Å². The lowest BCUT2D eigenvalue weighted by molar-refractivity contribution is 0.0986. The van der Waals surface area contributed by atoms with Gasteiger partial charge < -0.3 is 15.1 Å². The fourth-order valence-electron chi connectivity index (χ4n) is 2.09. The molecule has 0 saturated heterocycles. The van der Waals surface area contributed by atoms with Crippen molar-refractivity contribution in [2.75, 3.05) is 17.2 Å². The van der Waals surface area contributed by atoms with Crippen LogP contribution in [0.1, 0.15) is 30.0 Å². The molecule has 0 aliphatic rings. The van der Waals surface area contributed by atoms with Crippen LogP contribution in [0.15, 0.2) is 41.0 Å². The Bertz CT molecular complexity index is 575. The number of benzene rings is 1. The van der Waals surface area contributed by atoms with Crippen LogP contribution in [0.5, 0.6) is 0 Å². The minimum absolute atomic E-state index is 0.0568. The Balaban J connectivity index is 2.35. The highest BCUT2D eigenvalue weighted by Gasteiger charge is 2.20. The highest BCUT2D eigenvalue weighted by molar-refractivity contribution is 6.06. The molecule has 2 aromatic rings. The predicted octanol–water partition coefficient (Wildman–Crippen LogP) is 3.09. The lowest BCUT2D eigenvalue weighted by atomic mass is 10.1. The standard InChI is InChI=1S/C15H18N2O2/c1-3-14-13(8-9-19-14)15(18)17(4-2)12-7-5-6-11(16)10-12/h5-10H,3-4,16H2,1-2H3. The summed E-state index contributed by atoms with van der Waals surface area (Å²) in [7, 11) is 0. The highest BCUT2D eigenvalue weighted by Crippen LogP contribution is 2.21. The maximum absolute atomic E-state index is 12.6. The second-order valence-corrected chi connectivity index (χ2v) is 4.26. The second-order valence-electron chi connectivity index (χ2n) is 4.26. The fraction of sp³-hybridized carbons (Fsp3) is 0.267. The number of nitrogen functional groups attached to an aromatic ring is 1. The van der Waals surface area contributed by atoms with Crippen molar-refractivity contribution in [3.8, 4) is 0 Å². The van der Waals surface area contributed by atoms with E-state index in [1.165, 1.54) is 0 Å². The number of aryl methyl sites for hydroxylation is 1. The minimum atomic E-state index is -0.0568. The van der Waals surface area contributed by atoms with E-state index in [9.17, 15) is 4.79 Å². The zero-order valence-electron chi connectivity index (χ0n) is 11.2. The molecule has 0 bridgehead atoms. The summed E-state index contributed by atoms with van der Waals surface area (Å²) in [6.07, 6.45) is 2.25. The third-order valence-corrected chi connectivity index (χ3v) is 3.04. The average molecular weight is 258 g/mol. The van der Waals surface area contributed by atoms with Crippen LogP contribution in [0.25, 0.3) is 0 Å². The number of furan rings is 1. The summed E-state index contributed by atoms with van der Waals surface area (Å²) in [5.41, 5.74) is 7.83. The minimum Gasteiger partial charge on any atom is -0.469 e. The van der Waals surface area contributed by atoms with Crippen molar-refractivity contribution in [3.63, 3.8) is 0 Å². The average Bonchev–Trinajstić information content (AvgIpc) is 2.87. The van der Waals surface area contributed by atoms with Gasteiger partial charge in [-0.1, -0.05) is 13.0 Å². The van der Waals surface area contributed by atoms with E-state index in [1.807, 2.05) is 26.0 Å². The van der Waals surface area contributed by atoms with Gasteiger partial charge in [0.15, 0.2) is 0 Å². The Hall–Kier alpha value is -2.23. The van der Waals surface area contributed by atoms with Gasteiger partial charge in [0.2, 0.25) is 0 Å². The molecule has 0 radical (unpaired) electrons. The van der Waals surface area contributed by atoms with Gasteiger partial charge in [0.05, 0.1) is 11.8 Å². The molecule has 0 aliphatic heterocycles. The molecule has 1 aromatic carbocycles. The van der Waals surface area contributed by atoms with Gasteiger partial charge in [0.1, 0.15) is 5.76 Å². The second kappa shape index (κ2) is 5.61. The number of hydrogen-bond acceptors (Lipinski definition) is 3. The number of carbonyl (C=O) groups excluding carboxylic acids is 1. The van der Waals surface area contributed by atoms with Crippen molar-refractivity contribution in [1.82, 2.24) is 0 Å². The largest absolute Gasteiger partial charge is 0.469 e. The summed E-state index contributed by atoms with van der Waals surface area (Å²) in [6, 6.07) is 9.04. The molecule has 1 heterocycles. The van der Waals surface area contributed by atoms with Gasteiger partial charge in [-0.2, -0.15) is 0 Å². The predicted molar refractivity (Wildman–Crippen MR) is 76.3 cm³/mol. The zero-order chi connectivity index (χ0) is 13.8. The summed E-state index contributed by atoms with van der Waals surface area (Å²) < 4.78 is 5.32. The Morgan fingerprint density at radius 2 is 2.11 bits per heavy atom. The van der Waals surface area contributed by atoms with E-state index < -0.39 is 0 Å². The third-order valence-electron chi connectivity index (χ3n) is 3.04. The molecule has 0 aliphatic carbocycles. The molecule has 1 amide bonds. The molecule has 100 valence electrons. The molecular weight excluding hydrogens is 240 g/mol. The van der Waals surface area contributed by atoms with Gasteiger partial charge in [0, 0.05) is 24.3 Å². The Morgan fingerprint density at radius 1 is 1.32 bits per heavy atom. The smallest absolute Gasteiger partial charge is 0.261 e. The summed E-state index contributed by atoms with van der Waals surface area (Å²) in [6.45, 7) is 4.48. The Kier molecular flexibility index (Phi) is 3.90. The van der Waals surface area contributed by atoms with Crippen molar-refractivity contribution < 1.29 is 9.21 Å². The molecule has 0 fully saturated rings. The fourth-order valence-corrected chi connectivity index (χ4v) is 2.09. The maximum atomic E-state index is 12.6. The summed E-state index contributed by atoms with van der Waals surface area (Å²) in [4.78, 5) is 14.2. The molecular formula is C15H18N2O2. The van der Waals surface area contributed by atoms with Gasteiger partial charge in [0.25, 0.3) is 5.91 Å². The first kappa shape index (κ1) is 13.2. The number of nitrogens with zero attached hydrogens (tertiary/aromatic N) is 1. The van der Waals surface area contributed by atoms with Gasteiger partial charge in [-0.05, 0) is 31.2 Å². The van der Waals surface area contributed by atoms with Crippen molar-refractivity contribution in [2.45, 2.75) is 20.3 Å². The normalized spacial score (nSPS) is 10.4. The lowest BCUT2D eigenvalue weighted by Gasteiger charge is -2.21. The number of nitrogens with two attached hydrogens (primary N) is 1. The molecule has 1 aromatic heterocycles. The van der Waals surface area contributed by atoms with E-state index in [0.29, 0.717) is 30.0 Å². The van der Waals surface area contributed by atoms with E-state index >= 15 is 0 Å². The highest BCUT2D eigenvalue weighted by atomic mass is 16.3. The quantitative estimate of drug-likeness (QED) is 0.857. The van der Waals surface area contributed by atoms with Crippen LogP contribution in [0.2, 0.25) is 0 Å². The van der Waals surface area contributed by atoms with Crippen molar-refractivity contribution in [1.29, 1.82) is 0 Å².